The fourth-order valence-electron chi connectivity index (χ4n) is 1.23. The van der Waals surface area contributed by atoms with E-state index in [1.165, 1.54) is 0 Å². The Balaban J connectivity index is 2.78. The molecular weight excluding hydrogens is 246 g/mol. The third-order valence-corrected chi connectivity index (χ3v) is 2.49. The van der Waals surface area contributed by atoms with Crippen LogP contribution in [0.4, 0.5) is 5.82 Å². The number of H-pyrrole nitrogens is 1. The second-order valence-electron chi connectivity index (χ2n) is 2.86. The minimum Gasteiger partial charge on any atom is -0.352 e. The van der Waals surface area contributed by atoms with Crippen molar-refractivity contribution in [3.05, 3.63) is 22.7 Å². The van der Waals surface area contributed by atoms with Gasteiger partial charge in [0.1, 0.15) is 0 Å². The first kappa shape index (κ1) is 11.2. The number of aromatic nitrogens is 2. The van der Waals surface area contributed by atoms with Gasteiger partial charge in [0, 0.05) is 30.8 Å². The third-order valence-electron chi connectivity index (χ3n) is 1.93. The number of halogens is 1. The summed E-state index contributed by atoms with van der Waals surface area (Å²) < 4.78 is 0. The quantitative estimate of drug-likeness (QED) is 0.814. The highest BCUT2D eigenvalue weighted by Crippen LogP contribution is 2.03. The van der Waals surface area contributed by atoms with E-state index in [4.69, 9.17) is 0 Å². The average molecular weight is 260 g/mol. The smallest absolute Gasteiger partial charge is 0.290 e. The molecule has 0 fully saturated rings. The van der Waals surface area contributed by atoms with Crippen LogP contribution in [0.2, 0.25) is 0 Å². The van der Waals surface area contributed by atoms with Crippen molar-refractivity contribution in [2.45, 2.75) is 13.3 Å². The number of nitrogens with one attached hydrogen (secondary N) is 1. The van der Waals surface area contributed by atoms with E-state index < -0.39 is 0 Å². The largest absolute Gasteiger partial charge is 0.352 e. The van der Waals surface area contributed by atoms with Crippen LogP contribution in [0.1, 0.15) is 13.3 Å². The molecule has 5 heteroatoms. The van der Waals surface area contributed by atoms with Crippen molar-refractivity contribution in [1.29, 1.82) is 0 Å². The summed E-state index contributed by atoms with van der Waals surface area (Å²) in [6.07, 6.45) is 4.15. The van der Waals surface area contributed by atoms with Gasteiger partial charge in [-0.05, 0) is 13.3 Å². The lowest BCUT2D eigenvalue weighted by atomic mass is 10.4. The Morgan fingerprint density at radius 2 is 2.43 bits per heavy atom. The molecule has 0 saturated carbocycles. The maximum Gasteiger partial charge on any atom is 0.290 e. The molecule has 4 nitrogen and oxygen atoms in total. The topological polar surface area (TPSA) is 49.0 Å². The van der Waals surface area contributed by atoms with Crippen LogP contribution in [-0.4, -0.2) is 28.4 Å². The summed E-state index contributed by atoms with van der Waals surface area (Å²) in [6.45, 7) is 3.66. The van der Waals surface area contributed by atoms with Crippen molar-refractivity contribution in [3.63, 3.8) is 0 Å². The fraction of sp³-hybridized carbons (Fsp3) is 0.556. The van der Waals surface area contributed by atoms with Crippen LogP contribution in [0.25, 0.3) is 0 Å². The van der Waals surface area contributed by atoms with Gasteiger partial charge in [-0.3, -0.25) is 4.79 Å². The van der Waals surface area contributed by atoms with Crippen LogP contribution in [-0.2, 0) is 0 Å². The number of hydrogen-bond acceptors (Lipinski definition) is 3. The summed E-state index contributed by atoms with van der Waals surface area (Å²) in [5, 5.41) is 0.939. The summed E-state index contributed by atoms with van der Waals surface area (Å²) in [5.41, 5.74) is -0.121. The molecule has 1 aromatic rings. The van der Waals surface area contributed by atoms with Crippen LogP contribution in [0, 0.1) is 0 Å². The number of hydrogen-bond donors (Lipinski definition) is 1. The van der Waals surface area contributed by atoms with E-state index in [1.54, 1.807) is 12.4 Å². The molecule has 78 valence electrons. The van der Waals surface area contributed by atoms with Gasteiger partial charge in [0.15, 0.2) is 5.82 Å². The first-order chi connectivity index (χ1) is 6.79. The first-order valence-corrected chi connectivity index (χ1v) is 5.76. The third kappa shape index (κ3) is 2.83. The lowest BCUT2D eigenvalue weighted by Gasteiger charge is -2.19. The first-order valence-electron chi connectivity index (χ1n) is 4.64. The van der Waals surface area contributed by atoms with Gasteiger partial charge in [0.2, 0.25) is 0 Å². The molecule has 0 amide bonds. The Kier molecular flexibility index (Phi) is 4.65. The van der Waals surface area contributed by atoms with Gasteiger partial charge < -0.3 is 9.88 Å². The molecule has 1 aromatic heterocycles. The van der Waals surface area contributed by atoms with Crippen molar-refractivity contribution < 1.29 is 0 Å². The predicted octanol–water partition coefficient (Wildman–Crippen LogP) is 1.38. The molecule has 1 rings (SSSR count). The van der Waals surface area contributed by atoms with E-state index in [9.17, 15) is 4.79 Å². The SMILES string of the molecule is CCN(CCCBr)c1ncc[nH]c1=O. The van der Waals surface area contributed by atoms with E-state index in [0.29, 0.717) is 5.82 Å². The number of rotatable bonds is 5. The zero-order chi connectivity index (χ0) is 10.4. The van der Waals surface area contributed by atoms with Gasteiger partial charge in [-0.1, -0.05) is 15.9 Å². The molecule has 0 aliphatic heterocycles. The number of aromatic amines is 1. The van der Waals surface area contributed by atoms with Gasteiger partial charge in [-0.2, -0.15) is 0 Å². The zero-order valence-electron chi connectivity index (χ0n) is 8.16. The summed E-state index contributed by atoms with van der Waals surface area (Å²) in [7, 11) is 0. The van der Waals surface area contributed by atoms with E-state index >= 15 is 0 Å². The van der Waals surface area contributed by atoms with Gasteiger partial charge in [-0.15, -0.1) is 0 Å². The molecule has 1 N–H and O–H groups in total. The molecule has 0 aromatic carbocycles. The maximum atomic E-state index is 11.4. The molecule has 0 bridgehead atoms. The minimum absolute atomic E-state index is 0.121. The predicted molar refractivity (Wildman–Crippen MR) is 61.2 cm³/mol. The van der Waals surface area contributed by atoms with Crippen LogP contribution < -0.4 is 10.5 Å². The molecule has 0 radical (unpaired) electrons. The lowest BCUT2D eigenvalue weighted by molar-refractivity contribution is 0.776. The Bertz CT molecular complexity index is 326. The normalized spacial score (nSPS) is 10.1. The zero-order valence-corrected chi connectivity index (χ0v) is 9.75. The Morgan fingerprint density at radius 1 is 1.64 bits per heavy atom. The van der Waals surface area contributed by atoms with Crippen LogP contribution in [0.3, 0.4) is 0 Å². The summed E-state index contributed by atoms with van der Waals surface area (Å²) in [4.78, 5) is 20.1. The summed E-state index contributed by atoms with van der Waals surface area (Å²) in [5.74, 6) is 0.510. The molecule has 0 atom stereocenters. The van der Waals surface area contributed by atoms with Crippen molar-refractivity contribution in [2.24, 2.45) is 0 Å². The molecule has 0 aliphatic rings. The van der Waals surface area contributed by atoms with Crippen LogP contribution in [0.15, 0.2) is 17.2 Å². The van der Waals surface area contributed by atoms with Crippen molar-refractivity contribution >= 4 is 21.7 Å². The second-order valence-corrected chi connectivity index (χ2v) is 3.66. The molecule has 0 aliphatic carbocycles. The molecule has 0 saturated heterocycles. The standard InChI is InChI=1S/C9H14BrN3O/c1-2-13(7-3-4-10)8-9(14)12-6-5-11-8/h5-6H,2-4,7H2,1H3,(H,12,14). The second kappa shape index (κ2) is 5.80. The van der Waals surface area contributed by atoms with Gasteiger partial charge in [0.05, 0.1) is 0 Å². The van der Waals surface area contributed by atoms with Gasteiger partial charge in [0.25, 0.3) is 5.56 Å². The van der Waals surface area contributed by atoms with E-state index in [1.807, 2.05) is 11.8 Å². The number of alkyl halides is 1. The monoisotopic (exact) mass is 259 g/mol. The lowest BCUT2D eigenvalue weighted by Crippen LogP contribution is -2.31. The van der Waals surface area contributed by atoms with E-state index in [-0.39, 0.29) is 5.56 Å². The number of nitrogens with zero attached hydrogens (tertiary/aromatic N) is 2. The van der Waals surface area contributed by atoms with Crippen LogP contribution in [0.5, 0.6) is 0 Å². The average Bonchev–Trinajstić information content (AvgIpc) is 2.21. The highest BCUT2D eigenvalue weighted by Gasteiger charge is 2.08. The molecule has 1 heterocycles. The molecule has 14 heavy (non-hydrogen) atoms. The van der Waals surface area contributed by atoms with Crippen LogP contribution >= 0.6 is 15.9 Å². The van der Waals surface area contributed by atoms with Gasteiger partial charge in [-0.25, -0.2) is 4.98 Å². The van der Waals surface area contributed by atoms with Crippen molar-refractivity contribution in [2.75, 3.05) is 23.3 Å². The highest BCUT2D eigenvalue weighted by atomic mass is 79.9. The Hall–Kier alpha value is -0.840. The highest BCUT2D eigenvalue weighted by molar-refractivity contribution is 9.09. The summed E-state index contributed by atoms with van der Waals surface area (Å²) >= 11 is 3.37. The molecule has 0 spiro atoms. The molecular formula is C9H14BrN3O. The van der Waals surface area contributed by atoms with Crippen molar-refractivity contribution in [1.82, 2.24) is 9.97 Å². The Morgan fingerprint density at radius 3 is 3.00 bits per heavy atom. The van der Waals surface area contributed by atoms with Gasteiger partial charge >= 0.3 is 0 Å². The van der Waals surface area contributed by atoms with E-state index in [2.05, 4.69) is 25.9 Å². The van der Waals surface area contributed by atoms with Crippen molar-refractivity contribution in [3.8, 4) is 0 Å². The Labute approximate surface area is 91.5 Å². The maximum absolute atomic E-state index is 11.4. The minimum atomic E-state index is -0.121. The number of anilines is 1. The van der Waals surface area contributed by atoms with E-state index in [0.717, 1.165) is 24.8 Å². The summed E-state index contributed by atoms with van der Waals surface area (Å²) in [6, 6.07) is 0. The fourth-order valence-corrected chi connectivity index (χ4v) is 1.48. The molecule has 0 unspecified atom stereocenters.